The van der Waals surface area contributed by atoms with E-state index in [1.807, 2.05) is 0 Å². The number of thiophene rings is 1. The number of aromatic nitrogens is 1. The fourth-order valence-electron chi connectivity index (χ4n) is 7.50. The van der Waals surface area contributed by atoms with Crippen LogP contribution in [-0.4, -0.2) is 57.9 Å². The second-order valence-corrected chi connectivity index (χ2v) is 13.6. The molecule has 1 aliphatic carbocycles. The second-order valence-electron chi connectivity index (χ2n) is 12.7. The van der Waals surface area contributed by atoms with Crippen molar-refractivity contribution in [2.75, 3.05) is 13.7 Å². The van der Waals surface area contributed by atoms with Gasteiger partial charge in [-0.1, -0.05) is 31.5 Å². The lowest BCUT2D eigenvalue weighted by Crippen LogP contribution is -2.66. The van der Waals surface area contributed by atoms with Crippen molar-refractivity contribution in [2.24, 2.45) is 5.92 Å². The summed E-state index contributed by atoms with van der Waals surface area (Å²) >= 11 is 0.366. The van der Waals surface area contributed by atoms with Crippen molar-refractivity contribution in [3.63, 3.8) is 0 Å². The maximum atomic E-state index is 14.9. The quantitative estimate of drug-likeness (QED) is 0.210. The molecule has 15 heteroatoms. The Morgan fingerprint density at radius 1 is 1.04 bits per heavy atom. The third kappa shape index (κ3) is 6.93. The van der Waals surface area contributed by atoms with Gasteiger partial charge in [-0.25, -0.2) is 0 Å². The van der Waals surface area contributed by atoms with E-state index in [1.54, 1.807) is 31.2 Å². The zero-order chi connectivity index (χ0) is 36.5. The minimum Gasteiger partial charge on any atom is -0.496 e. The minimum absolute atomic E-state index is 0.0241. The van der Waals surface area contributed by atoms with Crippen LogP contribution >= 0.6 is 11.3 Å². The Labute approximate surface area is 288 Å². The van der Waals surface area contributed by atoms with Crippen LogP contribution in [0.5, 0.6) is 11.5 Å². The van der Waals surface area contributed by atoms with Gasteiger partial charge in [-0.15, -0.1) is 11.3 Å². The number of benzene rings is 1. The molecule has 0 spiro atoms. The molecule has 8 nitrogen and oxygen atoms in total. The molecule has 2 fully saturated rings. The molecular formula is C35H36F6N2O6S. The molecule has 0 radical (unpaired) electrons. The number of para-hydroxylation sites is 1. The number of carbonyl (C=O) groups excluding carboxylic acids is 2. The molecule has 1 saturated carbocycles. The first-order valence-corrected chi connectivity index (χ1v) is 17.0. The van der Waals surface area contributed by atoms with E-state index in [4.69, 9.17) is 9.47 Å². The highest BCUT2D eigenvalue weighted by atomic mass is 32.1. The number of amides is 1. The Morgan fingerprint density at radius 2 is 1.74 bits per heavy atom. The Bertz CT molecular complexity index is 1720. The summed E-state index contributed by atoms with van der Waals surface area (Å²) in [6, 6.07) is 6.99. The first kappa shape index (κ1) is 37.1. The maximum absolute atomic E-state index is 14.9. The van der Waals surface area contributed by atoms with Crippen LogP contribution in [0.3, 0.4) is 0 Å². The monoisotopic (exact) mass is 726 g/mol. The van der Waals surface area contributed by atoms with E-state index in [1.165, 1.54) is 7.11 Å². The summed E-state index contributed by atoms with van der Waals surface area (Å²) in [5, 5.41) is 11.6. The number of alkyl halides is 6. The number of carbonyl (C=O) groups is 3. The van der Waals surface area contributed by atoms with Crippen LogP contribution < -0.4 is 9.47 Å². The van der Waals surface area contributed by atoms with Crippen molar-refractivity contribution >= 4 is 29.0 Å². The molecule has 0 bridgehead atoms. The van der Waals surface area contributed by atoms with E-state index < -0.39 is 69.0 Å². The second kappa shape index (κ2) is 14.2. The molecule has 1 N–H and O–H groups in total. The third-order valence-corrected chi connectivity index (χ3v) is 10.8. The number of rotatable bonds is 10. The number of pyridine rings is 1. The number of nitrogens with zero attached hydrogens (tertiary/aromatic N) is 2. The topological polar surface area (TPSA) is 106 Å². The van der Waals surface area contributed by atoms with Crippen LogP contribution in [0.15, 0.2) is 54.2 Å². The number of Topliss-reactive ketones (excluding diaryl/α,β-unsaturated/α-hetero) is 1. The van der Waals surface area contributed by atoms with Crippen LogP contribution in [0.4, 0.5) is 26.3 Å². The normalized spacial score (nSPS) is 24.4. The van der Waals surface area contributed by atoms with Gasteiger partial charge in [-0.05, 0) is 57.1 Å². The molecule has 2 atom stereocenters. The van der Waals surface area contributed by atoms with Crippen molar-refractivity contribution in [3.05, 3.63) is 75.7 Å². The number of carboxylic acids is 1. The molecule has 0 unspecified atom stereocenters. The largest absolute Gasteiger partial charge is 0.496 e. The van der Waals surface area contributed by atoms with Gasteiger partial charge in [0.2, 0.25) is 0 Å². The van der Waals surface area contributed by atoms with Gasteiger partial charge in [0.1, 0.15) is 16.4 Å². The number of aliphatic carboxylic acids is 1. The summed E-state index contributed by atoms with van der Waals surface area (Å²) in [6.07, 6.45) is -7.16. The Hall–Kier alpha value is -4.14. The van der Waals surface area contributed by atoms with Gasteiger partial charge in [0.05, 0.1) is 29.7 Å². The first-order chi connectivity index (χ1) is 23.6. The van der Waals surface area contributed by atoms with Crippen LogP contribution in [0.25, 0.3) is 0 Å². The van der Waals surface area contributed by atoms with Gasteiger partial charge >= 0.3 is 18.3 Å². The molecular weight excluding hydrogens is 690 g/mol. The predicted octanol–water partition coefficient (Wildman–Crippen LogP) is 8.19. The van der Waals surface area contributed by atoms with E-state index in [0.717, 1.165) is 28.7 Å². The highest BCUT2D eigenvalue weighted by molar-refractivity contribution is 7.10. The number of carboxylic acid groups (broad SMARTS) is 1. The number of methoxy groups -OCH3 is 1. The Balaban J connectivity index is 1.56. The van der Waals surface area contributed by atoms with Crippen molar-refractivity contribution in [3.8, 4) is 11.5 Å². The van der Waals surface area contributed by atoms with Crippen molar-refractivity contribution in [1.82, 2.24) is 9.88 Å². The molecule has 3 aromatic rings. The average Bonchev–Trinajstić information content (AvgIpc) is 3.57. The van der Waals surface area contributed by atoms with E-state index in [2.05, 4.69) is 4.98 Å². The van der Waals surface area contributed by atoms with Gasteiger partial charge in [-0.2, -0.15) is 26.3 Å². The molecule has 270 valence electrons. The average molecular weight is 727 g/mol. The fourth-order valence-corrected chi connectivity index (χ4v) is 8.18. The van der Waals surface area contributed by atoms with Crippen molar-refractivity contribution in [2.45, 2.75) is 87.7 Å². The molecule has 1 aliphatic heterocycles. The molecule has 2 aromatic heterocycles. The zero-order valence-corrected chi connectivity index (χ0v) is 28.1. The number of piperidine rings is 1. The number of halogens is 6. The van der Waals surface area contributed by atoms with Crippen LogP contribution in [-0.2, 0) is 27.4 Å². The molecule has 5 rings (SSSR count). The summed E-state index contributed by atoms with van der Waals surface area (Å²) in [6.45, 7) is 1.71. The summed E-state index contributed by atoms with van der Waals surface area (Å²) < 4.78 is 94.7. The van der Waals surface area contributed by atoms with E-state index in [9.17, 15) is 45.8 Å². The SMILES string of the molecule is CCC[C@H]1N(C(=O)c2cnccc2C(F)(F)F)CCC[C@@]1(Oc1csc(C(F)(F)F)c1)C(=O)C1CCC(C(=O)O)(c2ccccc2OC)CC1. The third-order valence-electron chi connectivity index (χ3n) is 9.86. The lowest BCUT2D eigenvalue weighted by Gasteiger charge is -2.50. The highest BCUT2D eigenvalue weighted by Gasteiger charge is 2.57. The van der Waals surface area contributed by atoms with Gasteiger partial charge in [0.25, 0.3) is 5.91 Å². The van der Waals surface area contributed by atoms with E-state index in [-0.39, 0.29) is 57.2 Å². The Morgan fingerprint density at radius 3 is 2.34 bits per heavy atom. The van der Waals surface area contributed by atoms with Gasteiger partial charge < -0.3 is 19.5 Å². The molecule has 1 amide bonds. The van der Waals surface area contributed by atoms with Crippen molar-refractivity contribution in [1.29, 1.82) is 0 Å². The summed E-state index contributed by atoms with van der Waals surface area (Å²) in [5.74, 6) is -3.38. The van der Waals surface area contributed by atoms with Crippen LogP contribution in [0.1, 0.15) is 84.7 Å². The predicted molar refractivity (Wildman–Crippen MR) is 170 cm³/mol. The lowest BCUT2D eigenvalue weighted by molar-refractivity contribution is -0.154. The van der Waals surface area contributed by atoms with E-state index in [0.29, 0.717) is 35.1 Å². The molecule has 1 aromatic carbocycles. The van der Waals surface area contributed by atoms with Gasteiger partial charge in [0.15, 0.2) is 11.4 Å². The zero-order valence-electron chi connectivity index (χ0n) is 27.3. The van der Waals surface area contributed by atoms with Gasteiger partial charge in [-0.3, -0.25) is 19.4 Å². The maximum Gasteiger partial charge on any atom is 0.425 e. The molecule has 2 aliphatic rings. The molecule has 3 heterocycles. The number of ether oxygens (including phenoxy) is 2. The number of ketones is 1. The number of likely N-dealkylation sites (tertiary alicyclic amines) is 1. The number of hydrogen-bond acceptors (Lipinski definition) is 7. The number of hydrogen-bond donors (Lipinski definition) is 1. The van der Waals surface area contributed by atoms with Gasteiger partial charge in [0, 0.05) is 41.9 Å². The standard InChI is InChI=1S/C35H36F6N2O6S/c1-3-7-27-33(49-22-18-28(50-20-22)35(39,40)41,13-6-17-43(27)30(45)23-19-42-16-12-24(23)34(36,37)38)29(44)21-10-14-32(15-11-21,31(46)47)25-8-4-5-9-26(25)48-2/h4-5,8-9,12,16,18-21,27H,3,6-7,10-11,13-15,17H2,1-2H3,(H,46,47)/t21?,27-,32?,33+/m1/s1. The smallest absolute Gasteiger partial charge is 0.425 e. The molecule has 1 saturated heterocycles. The summed E-state index contributed by atoms with van der Waals surface area (Å²) in [5.41, 5.74) is -4.82. The molecule has 50 heavy (non-hydrogen) atoms. The summed E-state index contributed by atoms with van der Waals surface area (Å²) in [4.78, 5) is 45.6. The summed E-state index contributed by atoms with van der Waals surface area (Å²) in [7, 11) is 1.42. The first-order valence-electron chi connectivity index (χ1n) is 16.2. The van der Waals surface area contributed by atoms with Crippen LogP contribution in [0.2, 0.25) is 0 Å². The Kier molecular flexibility index (Phi) is 10.6. The minimum atomic E-state index is -4.89. The van der Waals surface area contributed by atoms with E-state index >= 15 is 0 Å². The fraction of sp³-hybridized carbons (Fsp3) is 0.486. The van der Waals surface area contributed by atoms with Crippen molar-refractivity contribution < 1.29 is 55.3 Å². The highest BCUT2D eigenvalue weighted by Crippen LogP contribution is 2.49. The lowest BCUT2D eigenvalue weighted by atomic mass is 9.63. The van der Waals surface area contributed by atoms with Crippen LogP contribution in [0, 0.1) is 5.92 Å².